The second kappa shape index (κ2) is 25.1. The molecule has 0 saturated heterocycles. The minimum absolute atomic E-state index is 0.137. The van der Waals surface area contributed by atoms with Gasteiger partial charge in [0.25, 0.3) is 0 Å². The molecule has 322 valence electrons. The average Bonchev–Trinajstić information content (AvgIpc) is 3.67. The summed E-state index contributed by atoms with van der Waals surface area (Å²) < 4.78 is 0. The summed E-state index contributed by atoms with van der Waals surface area (Å²) in [6.45, 7) is 8.21. The Labute approximate surface area is 331 Å². The zero-order chi connectivity index (χ0) is 43.4. The zero-order valence-electron chi connectivity index (χ0n) is 33.3. The van der Waals surface area contributed by atoms with E-state index >= 15 is 0 Å². The Bertz CT molecular complexity index is 1490. The van der Waals surface area contributed by atoms with Crippen LogP contribution in [-0.2, 0) is 44.8 Å². The van der Waals surface area contributed by atoms with E-state index in [0.717, 1.165) is 0 Å². The number of hydrogen-bond acceptors (Lipinski definition) is 13. The molecule has 0 saturated carbocycles. The topological polar surface area (TPSA) is 362 Å². The number of imidazole rings is 1. The smallest absolute Gasteiger partial charge is 0.326 e. The predicted octanol–water partition coefficient (Wildman–Crippen LogP) is -4.39. The molecular formula is C35H61N11O11. The molecule has 0 aliphatic heterocycles. The van der Waals surface area contributed by atoms with Gasteiger partial charge in [0, 0.05) is 18.3 Å². The summed E-state index contributed by atoms with van der Waals surface area (Å²) in [6.07, 6.45) is 1.48. The predicted molar refractivity (Wildman–Crippen MR) is 204 cm³/mol. The lowest BCUT2D eigenvalue weighted by molar-refractivity contribution is -0.143. The van der Waals surface area contributed by atoms with Gasteiger partial charge < -0.3 is 69.0 Å². The lowest BCUT2D eigenvalue weighted by atomic mass is 9.96. The Morgan fingerprint density at radius 2 is 1.32 bits per heavy atom. The third kappa shape index (κ3) is 17.7. The van der Waals surface area contributed by atoms with Crippen molar-refractivity contribution in [3.05, 3.63) is 18.2 Å². The van der Waals surface area contributed by atoms with Crippen molar-refractivity contribution in [3.63, 3.8) is 0 Å². The van der Waals surface area contributed by atoms with Crippen LogP contribution in [0.1, 0.15) is 72.9 Å². The molecule has 9 atom stereocenters. The molecule has 9 unspecified atom stereocenters. The Hall–Kier alpha value is -5.19. The van der Waals surface area contributed by atoms with E-state index in [-0.39, 0.29) is 18.8 Å². The maximum atomic E-state index is 13.3. The minimum atomic E-state index is -1.61. The van der Waals surface area contributed by atoms with Crippen molar-refractivity contribution in [2.24, 2.45) is 23.3 Å². The van der Waals surface area contributed by atoms with E-state index in [1.54, 1.807) is 27.7 Å². The van der Waals surface area contributed by atoms with Crippen molar-refractivity contribution < 1.29 is 53.7 Å². The third-order valence-corrected chi connectivity index (χ3v) is 8.99. The number of rotatable bonds is 26. The van der Waals surface area contributed by atoms with E-state index in [0.29, 0.717) is 31.5 Å². The summed E-state index contributed by atoms with van der Waals surface area (Å²) in [5.74, 6) is -7.93. The Kier molecular flexibility index (Phi) is 22.0. The van der Waals surface area contributed by atoms with Crippen LogP contribution in [0.25, 0.3) is 0 Å². The molecule has 22 nitrogen and oxygen atoms in total. The number of amides is 7. The molecule has 0 aliphatic carbocycles. The van der Waals surface area contributed by atoms with Crippen LogP contribution < -0.4 is 48.7 Å². The first kappa shape index (κ1) is 49.8. The minimum Gasteiger partial charge on any atom is -0.480 e. The monoisotopic (exact) mass is 811 g/mol. The van der Waals surface area contributed by atoms with E-state index in [1.165, 1.54) is 26.4 Å². The highest BCUT2D eigenvalue weighted by Gasteiger charge is 2.34. The maximum Gasteiger partial charge on any atom is 0.326 e. The molecule has 1 rings (SSSR count). The van der Waals surface area contributed by atoms with Gasteiger partial charge in [0.15, 0.2) is 0 Å². The average molecular weight is 812 g/mol. The first-order valence-electron chi connectivity index (χ1n) is 18.8. The Morgan fingerprint density at radius 1 is 0.719 bits per heavy atom. The maximum absolute atomic E-state index is 13.3. The van der Waals surface area contributed by atoms with Crippen molar-refractivity contribution >= 4 is 47.3 Å². The third-order valence-electron chi connectivity index (χ3n) is 8.99. The molecule has 0 fully saturated rings. The number of nitrogens with two attached hydrogens (primary N) is 2. The van der Waals surface area contributed by atoms with Crippen LogP contribution in [0.2, 0.25) is 0 Å². The number of H-pyrrole nitrogens is 1. The molecule has 1 heterocycles. The molecule has 0 radical (unpaired) electrons. The molecule has 7 amide bonds. The second-order valence-electron chi connectivity index (χ2n) is 14.2. The van der Waals surface area contributed by atoms with Gasteiger partial charge in [-0.05, 0) is 51.5 Å². The van der Waals surface area contributed by atoms with Crippen molar-refractivity contribution in [3.8, 4) is 0 Å². The van der Waals surface area contributed by atoms with Gasteiger partial charge in [-0.3, -0.25) is 33.6 Å². The van der Waals surface area contributed by atoms with E-state index < -0.39 is 115 Å². The number of unbranched alkanes of at least 4 members (excludes halogenated alkanes) is 1. The van der Waals surface area contributed by atoms with E-state index in [2.05, 4.69) is 47.2 Å². The Morgan fingerprint density at radius 3 is 1.84 bits per heavy atom. The normalized spacial score (nSPS) is 15.9. The van der Waals surface area contributed by atoms with Crippen LogP contribution in [0.3, 0.4) is 0 Å². The number of nitrogens with zero attached hydrogens (tertiary/aromatic N) is 1. The molecule has 57 heavy (non-hydrogen) atoms. The van der Waals surface area contributed by atoms with Crippen LogP contribution in [0.5, 0.6) is 0 Å². The second-order valence-corrected chi connectivity index (χ2v) is 14.2. The molecule has 0 aliphatic rings. The highest BCUT2D eigenvalue weighted by atomic mass is 16.4. The summed E-state index contributed by atoms with van der Waals surface area (Å²) >= 11 is 0. The summed E-state index contributed by atoms with van der Waals surface area (Å²) in [6, 6.07) is -7.77. The number of aliphatic carboxylic acids is 1. The largest absolute Gasteiger partial charge is 0.480 e. The van der Waals surface area contributed by atoms with Crippen LogP contribution >= 0.6 is 0 Å². The first-order chi connectivity index (χ1) is 26.7. The summed E-state index contributed by atoms with van der Waals surface area (Å²) in [4.78, 5) is 109. The van der Waals surface area contributed by atoms with Crippen molar-refractivity contribution in [2.45, 2.75) is 122 Å². The number of carbonyl (C=O) groups is 8. The van der Waals surface area contributed by atoms with Gasteiger partial charge in [0.1, 0.15) is 36.3 Å². The molecule has 0 bridgehead atoms. The molecule has 0 spiro atoms. The van der Waals surface area contributed by atoms with E-state index in [4.69, 9.17) is 11.5 Å². The van der Waals surface area contributed by atoms with E-state index in [9.17, 15) is 53.7 Å². The number of carboxylic acids is 1. The Balaban J connectivity index is 2.92. The summed E-state index contributed by atoms with van der Waals surface area (Å²) in [5.41, 5.74) is 11.7. The quantitative estimate of drug-likeness (QED) is 0.0393. The number of nitrogens with one attached hydrogen (secondary N) is 8. The highest BCUT2D eigenvalue weighted by molar-refractivity contribution is 5.96. The standard InChI is InChI=1S/C35H61N11O11/c1-7-18(4)28(46-32(53)26(37)19(5)47)33(54)42-22(10-8-9-11-36)30(51)40-14-24(49)39-15-25(50)44-29(20(6)48)34(55)43-23(12-21-13-38-16-41-21)31(52)45-27(17(2)3)35(56)57/h13,16-20,22-23,26-29,47-48H,7-12,14-15,36-37H2,1-6H3,(H,38,41)(H,39,49)(H,40,51)(H,42,54)(H,43,55)(H,44,50)(H,45,52)(H,46,53)(H,56,57). The van der Waals surface area contributed by atoms with Gasteiger partial charge in [0.05, 0.1) is 31.6 Å². The van der Waals surface area contributed by atoms with Gasteiger partial charge in [-0.1, -0.05) is 34.1 Å². The number of aromatic nitrogens is 2. The molecular weight excluding hydrogens is 750 g/mol. The number of carboxylic acid groups (broad SMARTS) is 1. The fourth-order valence-corrected chi connectivity index (χ4v) is 5.21. The SMILES string of the molecule is CCC(C)C(NC(=O)C(N)C(C)O)C(=O)NC(CCCCN)C(=O)NCC(=O)NCC(=O)NC(C(=O)NC(Cc1cnc[nH]1)C(=O)NC(C(=O)O)C(C)C)C(C)O. The number of carbonyl (C=O) groups excluding carboxylic acids is 7. The van der Waals surface area contributed by atoms with E-state index in [1.807, 2.05) is 0 Å². The summed E-state index contributed by atoms with van der Waals surface area (Å²) in [7, 11) is 0. The van der Waals surface area contributed by atoms with Crippen molar-refractivity contribution in [1.82, 2.24) is 47.2 Å². The fraction of sp³-hybridized carbons (Fsp3) is 0.686. The highest BCUT2D eigenvalue weighted by Crippen LogP contribution is 2.11. The fourth-order valence-electron chi connectivity index (χ4n) is 5.21. The first-order valence-corrected chi connectivity index (χ1v) is 18.8. The summed E-state index contributed by atoms with van der Waals surface area (Å²) in [5, 5.41) is 46.5. The number of aliphatic hydroxyl groups excluding tert-OH is 2. The lowest BCUT2D eigenvalue weighted by Gasteiger charge is -2.28. The molecule has 0 aromatic carbocycles. The van der Waals surface area contributed by atoms with Crippen LogP contribution in [0, 0.1) is 11.8 Å². The van der Waals surface area contributed by atoms with Crippen LogP contribution in [0.4, 0.5) is 0 Å². The van der Waals surface area contributed by atoms with Gasteiger partial charge in [-0.2, -0.15) is 0 Å². The number of aromatic amines is 1. The van der Waals surface area contributed by atoms with Crippen molar-refractivity contribution in [2.75, 3.05) is 19.6 Å². The van der Waals surface area contributed by atoms with Gasteiger partial charge >= 0.3 is 5.97 Å². The molecule has 22 heteroatoms. The lowest BCUT2D eigenvalue weighted by Crippen LogP contribution is -2.60. The molecule has 15 N–H and O–H groups in total. The van der Waals surface area contributed by atoms with Gasteiger partial charge in [0.2, 0.25) is 41.4 Å². The van der Waals surface area contributed by atoms with Gasteiger partial charge in [-0.25, -0.2) is 9.78 Å². The number of aliphatic hydroxyl groups is 2. The van der Waals surface area contributed by atoms with Crippen LogP contribution in [0.15, 0.2) is 12.5 Å². The molecule has 1 aromatic heterocycles. The zero-order valence-corrected chi connectivity index (χ0v) is 33.3. The van der Waals surface area contributed by atoms with Gasteiger partial charge in [-0.15, -0.1) is 0 Å². The van der Waals surface area contributed by atoms with Crippen LogP contribution in [-0.4, -0.2) is 141 Å². The molecule has 1 aromatic rings. The number of hydrogen-bond donors (Lipinski definition) is 13. The van der Waals surface area contributed by atoms with Crippen molar-refractivity contribution in [1.29, 1.82) is 0 Å².